The minimum Gasteiger partial charge on any atom is -0.340 e. The van der Waals surface area contributed by atoms with Gasteiger partial charge in [-0.25, -0.2) is 0 Å². The van der Waals surface area contributed by atoms with Crippen molar-refractivity contribution in [3.63, 3.8) is 0 Å². The lowest BCUT2D eigenvalue weighted by atomic mass is 9.92. The molecule has 1 unspecified atom stereocenters. The van der Waals surface area contributed by atoms with Gasteiger partial charge in [-0.15, -0.1) is 0 Å². The molecule has 2 atom stereocenters. The van der Waals surface area contributed by atoms with Gasteiger partial charge >= 0.3 is 0 Å². The highest BCUT2D eigenvalue weighted by atomic mass is 15.3. The zero-order valence-electron chi connectivity index (χ0n) is 17.6. The van der Waals surface area contributed by atoms with Crippen LogP contribution in [0.2, 0.25) is 0 Å². The van der Waals surface area contributed by atoms with E-state index in [9.17, 15) is 0 Å². The van der Waals surface area contributed by atoms with Crippen LogP contribution in [0.1, 0.15) is 37.3 Å². The minimum atomic E-state index is 0.795. The summed E-state index contributed by atoms with van der Waals surface area (Å²) < 4.78 is 0. The van der Waals surface area contributed by atoms with Crippen LogP contribution >= 0.6 is 0 Å². The first-order valence-electron chi connectivity index (χ1n) is 11.4. The molecule has 0 N–H and O–H groups in total. The lowest BCUT2D eigenvalue weighted by Gasteiger charge is -2.46. The van der Waals surface area contributed by atoms with Crippen molar-refractivity contribution in [2.45, 2.75) is 32.2 Å². The molecule has 0 aliphatic carbocycles. The van der Waals surface area contributed by atoms with Crippen molar-refractivity contribution in [3.05, 3.63) is 59.7 Å². The predicted molar refractivity (Wildman–Crippen MR) is 124 cm³/mol. The van der Waals surface area contributed by atoms with Crippen molar-refractivity contribution < 1.29 is 0 Å². The first-order valence-corrected chi connectivity index (χ1v) is 11.4. The maximum Gasteiger partial charge on any atom is 0.0484 e. The quantitative estimate of drug-likeness (QED) is 0.721. The fourth-order valence-electron chi connectivity index (χ4n) is 5.39. The van der Waals surface area contributed by atoms with Crippen LogP contribution in [0, 0.1) is 5.92 Å². The van der Waals surface area contributed by atoms with Crippen LogP contribution in [0.15, 0.2) is 48.5 Å². The molecule has 5 rings (SSSR count). The molecule has 152 valence electrons. The molecular formula is C26H33N3. The number of nitrogens with zero attached hydrogens (tertiary/aromatic N) is 3. The van der Waals surface area contributed by atoms with Gasteiger partial charge in [-0.1, -0.05) is 55.5 Å². The van der Waals surface area contributed by atoms with Crippen LogP contribution in [-0.4, -0.2) is 55.1 Å². The third kappa shape index (κ3) is 3.99. The van der Waals surface area contributed by atoms with E-state index in [1.165, 1.54) is 74.5 Å². The summed E-state index contributed by atoms with van der Waals surface area (Å²) in [4.78, 5) is 7.99. The maximum atomic E-state index is 2.75. The van der Waals surface area contributed by atoms with Crippen molar-refractivity contribution in [2.75, 3.05) is 44.2 Å². The van der Waals surface area contributed by atoms with E-state index < -0.39 is 0 Å². The van der Waals surface area contributed by atoms with Gasteiger partial charge in [-0.05, 0) is 55.0 Å². The van der Waals surface area contributed by atoms with Gasteiger partial charge in [0.25, 0.3) is 0 Å². The maximum absolute atomic E-state index is 2.75. The van der Waals surface area contributed by atoms with E-state index >= 15 is 0 Å². The Labute approximate surface area is 175 Å². The standard InChI is InChI=1S/C26H33N3/c1-21-11-14-24-20-27(17-18-28(24)19-21)15-6-16-29-25-9-4-2-7-22(25)12-13-23-8-3-5-10-26(23)29/h2-5,7-10,12-13,21,24H,6,11,14-20H2,1H3/t21-,24?/m0/s1. The Morgan fingerprint density at radius 2 is 1.48 bits per heavy atom. The number of hydrogen-bond acceptors (Lipinski definition) is 3. The molecule has 0 spiro atoms. The third-order valence-electron chi connectivity index (χ3n) is 6.98. The van der Waals surface area contributed by atoms with Gasteiger partial charge in [0.05, 0.1) is 0 Å². The van der Waals surface area contributed by atoms with Crippen molar-refractivity contribution in [1.29, 1.82) is 0 Å². The molecular weight excluding hydrogens is 354 g/mol. The fourth-order valence-corrected chi connectivity index (χ4v) is 5.39. The summed E-state index contributed by atoms with van der Waals surface area (Å²) in [6.45, 7) is 9.75. The number of piperidine rings is 1. The molecule has 3 heteroatoms. The second kappa shape index (κ2) is 8.33. The highest BCUT2D eigenvalue weighted by molar-refractivity contribution is 5.88. The number of fused-ring (bicyclic) bond motifs is 3. The van der Waals surface area contributed by atoms with Gasteiger partial charge in [0.15, 0.2) is 0 Å². The summed E-state index contributed by atoms with van der Waals surface area (Å²) in [5.74, 6) is 0.884. The summed E-state index contributed by atoms with van der Waals surface area (Å²) in [5.41, 5.74) is 5.29. The normalized spacial score (nSPS) is 24.5. The second-order valence-corrected chi connectivity index (χ2v) is 9.09. The molecule has 3 aliphatic rings. The second-order valence-electron chi connectivity index (χ2n) is 9.09. The molecule has 29 heavy (non-hydrogen) atoms. The number of para-hydroxylation sites is 2. The first kappa shape index (κ1) is 18.9. The van der Waals surface area contributed by atoms with Crippen LogP contribution in [-0.2, 0) is 0 Å². The van der Waals surface area contributed by atoms with Crippen LogP contribution in [0.25, 0.3) is 12.2 Å². The number of benzene rings is 2. The molecule has 0 bridgehead atoms. The monoisotopic (exact) mass is 387 g/mol. The lowest BCUT2D eigenvalue weighted by Crippen LogP contribution is -2.56. The Hall–Kier alpha value is -2.10. The zero-order valence-corrected chi connectivity index (χ0v) is 17.6. The molecule has 3 aliphatic heterocycles. The smallest absolute Gasteiger partial charge is 0.0484 e. The molecule has 2 aromatic rings. The van der Waals surface area contributed by atoms with E-state index in [0.717, 1.165) is 18.5 Å². The molecule has 3 nitrogen and oxygen atoms in total. The molecule has 3 heterocycles. The number of hydrogen-bond donors (Lipinski definition) is 0. The highest BCUT2D eigenvalue weighted by Crippen LogP contribution is 2.36. The van der Waals surface area contributed by atoms with E-state index in [0.29, 0.717) is 0 Å². The van der Waals surface area contributed by atoms with Crippen LogP contribution in [0.4, 0.5) is 11.4 Å². The van der Waals surface area contributed by atoms with E-state index in [1.807, 2.05) is 0 Å². The van der Waals surface area contributed by atoms with Gasteiger partial charge in [0, 0.05) is 50.1 Å². The Bertz CT molecular complexity index is 824. The van der Waals surface area contributed by atoms with Gasteiger partial charge < -0.3 is 9.80 Å². The average molecular weight is 388 g/mol. The molecule has 0 aromatic heterocycles. The minimum absolute atomic E-state index is 0.795. The summed E-state index contributed by atoms with van der Waals surface area (Å²) in [5, 5.41) is 0. The van der Waals surface area contributed by atoms with Gasteiger partial charge in [-0.2, -0.15) is 0 Å². The Kier molecular flexibility index (Phi) is 5.43. The zero-order chi connectivity index (χ0) is 19.6. The molecule has 0 radical (unpaired) electrons. The first-order chi connectivity index (χ1) is 14.3. The molecule has 0 amide bonds. The molecule has 0 saturated carbocycles. The SMILES string of the molecule is C[C@H]1CCC2CN(CCCN3c4ccccc4C=Cc4ccccc43)CCN2C1. The Morgan fingerprint density at radius 3 is 2.21 bits per heavy atom. The van der Waals surface area contributed by atoms with E-state index in [1.54, 1.807) is 0 Å². The van der Waals surface area contributed by atoms with Crippen LogP contribution in [0.5, 0.6) is 0 Å². The van der Waals surface area contributed by atoms with E-state index in [2.05, 4.69) is 82.3 Å². The average Bonchev–Trinajstić information content (AvgIpc) is 2.91. The van der Waals surface area contributed by atoms with E-state index in [4.69, 9.17) is 0 Å². The van der Waals surface area contributed by atoms with Crippen LogP contribution in [0.3, 0.4) is 0 Å². The van der Waals surface area contributed by atoms with Crippen molar-refractivity contribution in [3.8, 4) is 0 Å². The predicted octanol–water partition coefficient (Wildman–Crippen LogP) is 5.11. The summed E-state index contributed by atoms with van der Waals surface area (Å²) >= 11 is 0. The van der Waals surface area contributed by atoms with Gasteiger partial charge in [0.2, 0.25) is 0 Å². The molecule has 2 saturated heterocycles. The number of anilines is 2. The third-order valence-corrected chi connectivity index (χ3v) is 6.98. The summed E-state index contributed by atoms with van der Waals surface area (Å²) in [6.07, 6.45) is 8.51. The number of rotatable bonds is 4. The summed E-state index contributed by atoms with van der Waals surface area (Å²) in [7, 11) is 0. The lowest BCUT2D eigenvalue weighted by molar-refractivity contribution is 0.0315. The largest absolute Gasteiger partial charge is 0.340 e. The highest BCUT2D eigenvalue weighted by Gasteiger charge is 2.31. The summed E-state index contributed by atoms with van der Waals surface area (Å²) in [6, 6.07) is 18.4. The van der Waals surface area contributed by atoms with Crippen molar-refractivity contribution in [2.24, 2.45) is 5.92 Å². The van der Waals surface area contributed by atoms with E-state index in [-0.39, 0.29) is 0 Å². The molecule has 2 fully saturated rings. The topological polar surface area (TPSA) is 9.72 Å². The number of piperazine rings is 1. The van der Waals surface area contributed by atoms with Crippen molar-refractivity contribution in [1.82, 2.24) is 9.80 Å². The fraction of sp³-hybridized carbons (Fsp3) is 0.462. The van der Waals surface area contributed by atoms with Gasteiger partial charge in [-0.3, -0.25) is 4.90 Å². The molecule has 2 aromatic carbocycles. The Morgan fingerprint density at radius 1 is 0.793 bits per heavy atom. The van der Waals surface area contributed by atoms with Gasteiger partial charge in [0.1, 0.15) is 0 Å². The van der Waals surface area contributed by atoms with Crippen molar-refractivity contribution >= 4 is 23.5 Å². The Balaban J connectivity index is 1.26. The van der Waals surface area contributed by atoms with Crippen LogP contribution < -0.4 is 4.90 Å².